The van der Waals surface area contributed by atoms with Crippen molar-refractivity contribution in [2.45, 2.75) is 24.9 Å². The molecule has 3 atom stereocenters. The van der Waals surface area contributed by atoms with Crippen LogP contribution in [0.15, 0.2) is 24.3 Å². The van der Waals surface area contributed by atoms with Gasteiger partial charge in [0.2, 0.25) is 0 Å². The second-order valence-corrected chi connectivity index (χ2v) is 4.10. The maximum atomic E-state index is 10.5. The van der Waals surface area contributed by atoms with Crippen molar-refractivity contribution in [2.75, 3.05) is 11.9 Å². The van der Waals surface area contributed by atoms with Crippen molar-refractivity contribution in [3.63, 3.8) is 0 Å². The molecule has 1 saturated heterocycles. The molecule has 98 valence electrons. The Balaban J connectivity index is 1.96. The lowest BCUT2D eigenvalue weighted by Gasteiger charge is -2.14. The Bertz CT molecular complexity index is 422. The van der Waals surface area contributed by atoms with Gasteiger partial charge in [-0.15, -0.1) is 0 Å². The molecule has 0 unspecified atom stereocenters. The molecule has 1 aromatic rings. The van der Waals surface area contributed by atoms with Crippen LogP contribution in [0.2, 0.25) is 0 Å². The molecule has 0 radical (unpaired) electrons. The maximum Gasteiger partial charge on any atom is 0.269 e. The van der Waals surface area contributed by atoms with Crippen molar-refractivity contribution in [2.24, 2.45) is 0 Å². The third kappa shape index (κ3) is 2.76. The van der Waals surface area contributed by atoms with Gasteiger partial charge in [0, 0.05) is 24.2 Å². The normalized spacial score (nSPS) is 27.1. The number of non-ortho nitro benzene ring substituents is 1. The number of nitro benzene ring substituents is 1. The number of nitrogens with zero attached hydrogens (tertiary/aromatic N) is 1. The molecule has 3 N–H and O–H groups in total. The first-order valence-corrected chi connectivity index (χ1v) is 5.55. The van der Waals surface area contributed by atoms with E-state index in [1.165, 1.54) is 12.1 Å². The summed E-state index contributed by atoms with van der Waals surface area (Å²) in [6.07, 6.45) is -1.33. The van der Waals surface area contributed by atoms with Gasteiger partial charge in [0.05, 0.1) is 17.6 Å². The molecule has 2 rings (SSSR count). The summed E-state index contributed by atoms with van der Waals surface area (Å²) < 4.78 is 5.36. The Labute approximate surface area is 103 Å². The van der Waals surface area contributed by atoms with Crippen molar-refractivity contribution in [1.29, 1.82) is 0 Å². The summed E-state index contributed by atoms with van der Waals surface area (Å²) in [5.41, 5.74) is 0.678. The van der Waals surface area contributed by atoms with E-state index in [0.717, 1.165) is 0 Å². The molecule has 7 nitrogen and oxygen atoms in total. The summed E-state index contributed by atoms with van der Waals surface area (Å²) in [6.45, 7) is -0.236. The van der Waals surface area contributed by atoms with Crippen molar-refractivity contribution in [1.82, 2.24) is 0 Å². The quantitative estimate of drug-likeness (QED) is 0.533. The Morgan fingerprint density at radius 2 is 2.11 bits per heavy atom. The zero-order valence-electron chi connectivity index (χ0n) is 9.52. The van der Waals surface area contributed by atoms with Crippen LogP contribution in [0.25, 0.3) is 0 Å². The molecule has 0 bridgehead atoms. The summed E-state index contributed by atoms with van der Waals surface area (Å²) in [7, 11) is 0. The van der Waals surface area contributed by atoms with Gasteiger partial charge < -0.3 is 20.3 Å². The predicted octanol–water partition coefficient (Wildman–Crippen LogP) is 0.475. The smallest absolute Gasteiger partial charge is 0.269 e. The molecular formula is C11H14N2O5. The molecule has 0 aromatic heterocycles. The monoisotopic (exact) mass is 254 g/mol. The maximum absolute atomic E-state index is 10.5. The van der Waals surface area contributed by atoms with Gasteiger partial charge in [-0.25, -0.2) is 0 Å². The highest BCUT2D eigenvalue weighted by Crippen LogP contribution is 2.23. The van der Waals surface area contributed by atoms with Gasteiger partial charge in [-0.05, 0) is 12.1 Å². The summed E-state index contributed by atoms with van der Waals surface area (Å²) in [6, 6.07) is 5.91. The molecule has 1 aromatic carbocycles. The zero-order valence-corrected chi connectivity index (χ0v) is 9.52. The Kier molecular flexibility index (Phi) is 3.75. The lowest BCUT2D eigenvalue weighted by Crippen LogP contribution is -2.25. The van der Waals surface area contributed by atoms with Gasteiger partial charge in [0.1, 0.15) is 12.3 Å². The van der Waals surface area contributed by atoms with Crippen molar-refractivity contribution >= 4 is 11.4 Å². The van der Waals surface area contributed by atoms with Crippen LogP contribution < -0.4 is 5.32 Å². The number of hydrogen-bond donors (Lipinski definition) is 3. The van der Waals surface area contributed by atoms with E-state index in [0.29, 0.717) is 12.1 Å². The van der Waals surface area contributed by atoms with Crippen LogP contribution in [-0.4, -0.2) is 40.2 Å². The summed E-state index contributed by atoms with van der Waals surface area (Å²) >= 11 is 0. The fourth-order valence-corrected chi connectivity index (χ4v) is 1.85. The number of hydrogen-bond acceptors (Lipinski definition) is 6. The first kappa shape index (κ1) is 12.7. The molecular weight excluding hydrogens is 240 g/mol. The van der Waals surface area contributed by atoms with Crippen LogP contribution in [0, 0.1) is 10.1 Å². The first-order valence-electron chi connectivity index (χ1n) is 5.55. The first-order chi connectivity index (χ1) is 8.60. The molecule has 0 spiro atoms. The number of nitrogens with one attached hydrogen (secondary N) is 1. The highest BCUT2D eigenvalue weighted by molar-refractivity contribution is 5.48. The standard InChI is InChI=1S/C11H14N2O5/c14-6-10-9(15)5-11(18-10)12-7-1-3-8(4-2-7)13(16)17/h1-4,9-12,14-15H,5-6H2/t9-,10-,11+/m1/s1. The third-order valence-electron chi connectivity index (χ3n) is 2.81. The molecule has 18 heavy (non-hydrogen) atoms. The van der Waals surface area contributed by atoms with E-state index in [1.54, 1.807) is 12.1 Å². The number of aliphatic hydroxyl groups is 2. The Hall–Kier alpha value is -1.70. The van der Waals surface area contributed by atoms with E-state index < -0.39 is 23.4 Å². The fraction of sp³-hybridized carbons (Fsp3) is 0.455. The summed E-state index contributed by atoms with van der Waals surface area (Å²) in [5, 5.41) is 31.9. The highest BCUT2D eigenvalue weighted by Gasteiger charge is 2.33. The highest BCUT2D eigenvalue weighted by atomic mass is 16.6. The molecule has 7 heteroatoms. The zero-order chi connectivity index (χ0) is 13.1. The minimum absolute atomic E-state index is 0.0150. The van der Waals surface area contributed by atoms with Crippen LogP contribution in [0.5, 0.6) is 0 Å². The van der Waals surface area contributed by atoms with Gasteiger partial charge >= 0.3 is 0 Å². The van der Waals surface area contributed by atoms with Crippen molar-refractivity contribution < 1.29 is 19.9 Å². The average molecular weight is 254 g/mol. The summed E-state index contributed by atoms with van der Waals surface area (Å²) in [4.78, 5) is 10.0. The number of ether oxygens (including phenoxy) is 1. The Morgan fingerprint density at radius 1 is 1.44 bits per heavy atom. The SMILES string of the molecule is O=[N+]([O-])c1ccc(N[C@@H]2C[C@@H](O)[C@@H](CO)O2)cc1. The fourth-order valence-electron chi connectivity index (χ4n) is 1.85. The van der Waals surface area contributed by atoms with Gasteiger partial charge in [0.15, 0.2) is 0 Å². The molecule has 0 amide bonds. The number of anilines is 1. The molecule has 1 aliphatic rings. The van der Waals surface area contributed by atoms with E-state index >= 15 is 0 Å². The van der Waals surface area contributed by atoms with Crippen LogP contribution in [0.3, 0.4) is 0 Å². The predicted molar refractivity (Wildman–Crippen MR) is 63.1 cm³/mol. The molecule has 1 fully saturated rings. The largest absolute Gasteiger partial charge is 0.394 e. The second kappa shape index (κ2) is 5.30. The summed E-state index contributed by atoms with van der Waals surface area (Å²) in [5.74, 6) is 0. The van der Waals surface area contributed by atoms with E-state index in [1.807, 2.05) is 0 Å². The van der Waals surface area contributed by atoms with Crippen LogP contribution in [0.4, 0.5) is 11.4 Å². The van der Waals surface area contributed by atoms with Gasteiger partial charge in [-0.2, -0.15) is 0 Å². The number of aliphatic hydroxyl groups excluding tert-OH is 2. The molecule has 1 aliphatic heterocycles. The topological polar surface area (TPSA) is 105 Å². The molecule has 0 saturated carbocycles. The lowest BCUT2D eigenvalue weighted by atomic mass is 10.2. The van der Waals surface area contributed by atoms with E-state index in [-0.39, 0.29) is 12.3 Å². The van der Waals surface area contributed by atoms with E-state index in [4.69, 9.17) is 9.84 Å². The van der Waals surface area contributed by atoms with Crippen molar-refractivity contribution in [3.8, 4) is 0 Å². The third-order valence-corrected chi connectivity index (χ3v) is 2.81. The van der Waals surface area contributed by atoms with Gasteiger partial charge in [0.25, 0.3) is 5.69 Å². The minimum Gasteiger partial charge on any atom is -0.394 e. The van der Waals surface area contributed by atoms with Gasteiger partial charge in [-0.3, -0.25) is 10.1 Å². The number of rotatable bonds is 4. The molecule has 1 heterocycles. The van der Waals surface area contributed by atoms with E-state index in [9.17, 15) is 15.2 Å². The van der Waals surface area contributed by atoms with Crippen LogP contribution in [-0.2, 0) is 4.74 Å². The van der Waals surface area contributed by atoms with Gasteiger partial charge in [-0.1, -0.05) is 0 Å². The Morgan fingerprint density at radius 3 is 2.61 bits per heavy atom. The van der Waals surface area contributed by atoms with Crippen molar-refractivity contribution in [3.05, 3.63) is 34.4 Å². The minimum atomic E-state index is -0.703. The number of benzene rings is 1. The number of nitro groups is 1. The average Bonchev–Trinajstić information content (AvgIpc) is 2.70. The van der Waals surface area contributed by atoms with E-state index in [2.05, 4.69) is 5.32 Å². The molecule has 0 aliphatic carbocycles. The van der Waals surface area contributed by atoms with Crippen LogP contribution >= 0.6 is 0 Å². The second-order valence-electron chi connectivity index (χ2n) is 4.10. The lowest BCUT2D eigenvalue weighted by molar-refractivity contribution is -0.384. The van der Waals surface area contributed by atoms with Crippen LogP contribution in [0.1, 0.15) is 6.42 Å².